The molecule has 0 aliphatic carbocycles. The minimum atomic E-state index is -0.383. The summed E-state index contributed by atoms with van der Waals surface area (Å²) in [4.78, 5) is 25.0. The molecule has 0 spiro atoms. The first-order valence-corrected chi connectivity index (χ1v) is 9.54. The maximum absolute atomic E-state index is 12.6. The van der Waals surface area contributed by atoms with Crippen LogP contribution in [0.25, 0.3) is 0 Å². The van der Waals surface area contributed by atoms with E-state index in [9.17, 15) is 9.59 Å². The van der Waals surface area contributed by atoms with Crippen molar-refractivity contribution in [2.24, 2.45) is 11.3 Å². The first-order chi connectivity index (χ1) is 12.3. The zero-order valence-electron chi connectivity index (χ0n) is 16.9. The number of benzene rings is 1. The smallest absolute Gasteiger partial charge is 0.273 e. The molecule has 26 heavy (non-hydrogen) atoms. The highest BCUT2D eigenvalue weighted by Gasteiger charge is 2.31. The molecule has 146 valence electrons. The van der Waals surface area contributed by atoms with E-state index in [0.717, 1.165) is 19.3 Å². The summed E-state index contributed by atoms with van der Waals surface area (Å²) in [5, 5.41) is 0. The average molecular weight is 363 g/mol. The zero-order chi connectivity index (χ0) is 19.6. The number of amides is 2. The van der Waals surface area contributed by atoms with Crippen LogP contribution in [0.15, 0.2) is 24.3 Å². The van der Waals surface area contributed by atoms with Crippen LogP contribution in [0.4, 0.5) is 0 Å². The molecular formula is C21H34N2O3. The van der Waals surface area contributed by atoms with Gasteiger partial charge in [-0.05, 0) is 24.0 Å². The molecule has 1 unspecified atom stereocenters. The Bertz CT molecular complexity index is 579. The van der Waals surface area contributed by atoms with Crippen molar-refractivity contribution in [1.82, 2.24) is 10.9 Å². The Morgan fingerprint density at radius 3 is 2.31 bits per heavy atom. The molecule has 0 aliphatic heterocycles. The van der Waals surface area contributed by atoms with Crippen molar-refractivity contribution in [2.45, 2.75) is 66.2 Å². The molecule has 0 heterocycles. The molecular weight excluding hydrogens is 328 g/mol. The van der Waals surface area contributed by atoms with E-state index in [2.05, 4.69) is 38.5 Å². The second-order valence-electron chi connectivity index (χ2n) is 7.77. The lowest BCUT2D eigenvalue weighted by Crippen LogP contribution is -2.47. The van der Waals surface area contributed by atoms with Crippen molar-refractivity contribution in [3.05, 3.63) is 29.8 Å². The minimum absolute atomic E-state index is 0.142. The van der Waals surface area contributed by atoms with Gasteiger partial charge in [-0.25, -0.2) is 0 Å². The number of rotatable bonds is 9. The molecule has 0 bridgehead atoms. The summed E-state index contributed by atoms with van der Waals surface area (Å²) >= 11 is 0. The highest BCUT2D eigenvalue weighted by atomic mass is 16.5. The predicted octanol–water partition coefficient (Wildman–Crippen LogP) is 4.48. The van der Waals surface area contributed by atoms with Gasteiger partial charge in [0.1, 0.15) is 5.75 Å². The molecule has 0 aromatic heterocycles. The first-order valence-electron chi connectivity index (χ1n) is 9.54. The Kier molecular flexibility index (Phi) is 9.17. The summed E-state index contributed by atoms with van der Waals surface area (Å²) in [5.41, 5.74) is 5.34. The lowest BCUT2D eigenvalue weighted by molar-refractivity contribution is -0.129. The first kappa shape index (κ1) is 22.0. The number of hydrogen-bond acceptors (Lipinski definition) is 3. The topological polar surface area (TPSA) is 67.4 Å². The van der Waals surface area contributed by atoms with Crippen LogP contribution < -0.4 is 15.6 Å². The van der Waals surface area contributed by atoms with E-state index in [-0.39, 0.29) is 23.1 Å². The van der Waals surface area contributed by atoms with Crippen LogP contribution in [-0.4, -0.2) is 18.9 Å². The van der Waals surface area contributed by atoms with Gasteiger partial charge in [-0.3, -0.25) is 20.4 Å². The minimum Gasteiger partial charge on any atom is -0.496 e. The van der Waals surface area contributed by atoms with E-state index in [1.54, 1.807) is 24.3 Å². The summed E-state index contributed by atoms with van der Waals surface area (Å²) in [7, 11) is 1.51. The second-order valence-corrected chi connectivity index (χ2v) is 7.77. The summed E-state index contributed by atoms with van der Waals surface area (Å²) < 4.78 is 5.19. The SMILES string of the molecule is CCCCCCCC(C(=O)NNC(=O)c1ccccc1OC)C(C)(C)C. The quantitative estimate of drug-likeness (QED) is 0.503. The fourth-order valence-corrected chi connectivity index (χ4v) is 3.01. The Labute approximate surface area is 157 Å². The number of carbonyl (C=O) groups is 2. The van der Waals surface area contributed by atoms with Crippen molar-refractivity contribution in [3.63, 3.8) is 0 Å². The van der Waals surface area contributed by atoms with Gasteiger partial charge in [0.25, 0.3) is 5.91 Å². The van der Waals surface area contributed by atoms with Crippen LogP contribution in [0.5, 0.6) is 5.75 Å². The van der Waals surface area contributed by atoms with E-state index < -0.39 is 0 Å². The highest BCUT2D eigenvalue weighted by molar-refractivity contribution is 5.98. The summed E-state index contributed by atoms with van der Waals surface area (Å²) in [6, 6.07) is 6.93. The van der Waals surface area contributed by atoms with Crippen molar-refractivity contribution in [3.8, 4) is 5.75 Å². The number of unbranched alkanes of at least 4 members (excludes halogenated alkanes) is 4. The third-order valence-corrected chi connectivity index (χ3v) is 4.61. The predicted molar refractivity (Wildman–Crippen MR) is 105 cm³/mol. The van der Waals surface area contributed by atoms with Crippen molar-refractivity contribution in [1.29, 1.82) is 0 Å². The number of nitrogens with one attached hydrogen (secondary N) is 2. The number of carbonyl (C=O) groups excluding carboxylic acids is 2. The summed E-state index contributed by atoms with van der Waals surface area (Å²) in [6.45, 7) is 8.37. The Morgan fingerprint density at radius 2 is 1.69 bits per heavy atom. The van der Waals surface area contributed by atoms with E-state index in [4.69, 9.17) is 4.74 Å². The molecule has 1 aromatic carbocycles. The molecule has 0 saturated carbocycles. The van der Waals surface area contributed by atoms with E-state index in [0.29, 0.717) is 11.3 Å². The van der Waals surface area contributed by atoms with Gasteiger partial charge in [0.2, 0.25) is 5.91 Å². The molecule has 1 aromatic rings. The summed E-state index contributed by atoms with van der Waals surface area (Å²) in [5.74, 6) is -0.202. The molecule has 0 radical (unpaired) electrons. The fraction of sp³-hybridized carbons (Fsp3) is 0.619. The number of ether oxygens (including phenoxy) is 1. The van der Waals surface area contributed by atoms with Crippen LogP contribution in [-0.2, 0) is 4.79 Å². The lowest BCUT2D eigenvalue weighted by atomic mass is 9.77. The van der Waals surface area contributed by atoms with Gasteiger partial charge >= 0.3 is 0 Å². The number of para-hydroxylation sites is 1. The third-order valence-electron chi connectivity index (χ3n) is 4.61. The average Bonchev–Trinajstić information content (AvgIpc) is 2.61. The van der Waals surface area contributed by atoms with Gasteiger partial charge in [0.15, 0.2) is 0 Å². The van der Waals surface area contributed by atoms with E-state index >= 15 is 0 Å². The normalized spacial score (nSPS) is 12.3. The molecule has 0 fully saturated rings. The van der Waals surface area contributed by atoms with Crippen molar-refractivity contribution < 1.29 is 14.3 Å². The molecule has 5 heteroatoms. The van der Waals surface area contributed by atoms with Crippen molar-refractivity contribution in [2.75, 3.05) is 7.11 Å². The van der Waals surface area contributed by atoms with Gasteiger partial charge in [0, 0.05) is 5.92 Å². The molecule has 1 atom stereocenters. The standard InChI is InChI=1S/C21H34N2O3/c1-6-7-8-9-10-14-17(21(2,3)4)20(25)23-22-19(24)16-13-11-12-15-18(16)26-5/h11-13,15,17H,6-10,14H2,1-5H3,(H,22,24)(H,23,25). The van der Waals surface area contributed by atoms with Gasteiger partial charge in [-0.2, -0.15) is 0 Å². The van der Waals surface area contributed by atoms with Crippen LogP contribution in [0, 0.1) is 11.3 Å². The molecule has 0 aliphatic rings. The van der Waals surface area contributed by atoms with Gasteiger partial charge in [-0.1, -0.05) is 71.9 Å². The van der Waals surface area contributed by atoms with Crippen LogP contribution in [0.2, 0.25) is 0 Å². The number of methoxy groups -OCH3 is 1. The number of hydrazine groups is 1. The molecule has 5 nitrogen and oxygen atoms in total. The second kappa shape index (κ2) is 10.8. The summed E-state index contributed by atoms with van der Waals surface area (Å²) in [6.07, 6.45) is 6.64. The maximum Gasteiger partial charge on any atom is 0.273 e. The van der Waals surface area contributed by atoms with Crippen LogP contribution in [0.1, 0.15) is 76.6 Å². The highest BCUT2D eigenvalue weighted by Crippen LogP contribution is 2.30. The van der Waals surface area contributed by atoms with Gasteiger partial charge < -0.3 is 4.74 Å². The molecule has 2 amide bonds. The van der Waals surface area contributed by atoms with Gasteiger partial charge in [0.05, 0.1) is 12.7 Å². The molecule has 1 rings (SSSR count). The third kappa shape index (κ3) is 7.06. The largest absolute Gasteiger partial charge is 0.496 e. The Morgan fingerprint density at radius 1 is 1.04 bits per heavy atom. The van der Waals surface area contributed by atoms with Gasteiger partial charge in [-0.15, -0.1) is 0 Å². The monoisotopic (exact) mass is 362 g/mol. The Hall–Kier alpha value is -2.04. The van der Waals surface area contributed by atoms with Crippen LogP contribution >= 0.6 is 0 Å². The fourth-order valence-electron chi connectivity index (χ4n) is 3.01. The van der Waals surface area contributed by atoms with Crippen molar-refractivity contribution >= 4 is 11.8 Å². The van der Waals surface area contributed by atoms with Crippen LogP contribution in [0.3, 0.4) is 0 Å². The Balaban J connectivity index is 2.61. The van der Waals surface area contributed by atoms with E-state index in [1.165, 1.54) is 26.4 Å². The maximum atomic E-state index is 12.6. The molecule has 0 saturated heterocycles. The molecule has 2 N–H and O–H groups in total. The van der Waals surface area contributed by atoms with E-state index in [1.807, 2.05) is 0 Å². The lowest BCUT2D eigenvalue weighted by Gasteiger charge is -2.29. The number of hydrogen-bond donors (Lipinski definition) is 2. The zero-order valence-corrected chi connectivity index (χ0v) is 16.9.